The van der Waals surface area contributed by atoms with Gasteiger partial charge in [-0.05, 0) is 78.1 Å². The summed E-state index contributed by atoms with van der Waals surface area (Å²) in [5.74, 6) is -1.31. The van der Waals surface area contributed by atoms with Crippen LogP contribution in [0.3, 0.4) is 0 Å². The number of hydrogen-bond donors (Lipinski definition) is 3. The molecule has 0 bridgehead atoms. The molecule has 2 aromatic carbocycles. The fraction of sp³-hybridized carbons (Fsp3) is 0.190. The number of carboxylic acid groups (broad SMARTS) is 1. The predicted molar refractivity (Wildman–Crippen MR) is 117 cm³/mol. The Hall–Kier alpha value is -3.10. The zero-order chi connectivity index (χ0) is 22.1. The highest BCUT2D eigenvalue weighted by atomic mass is 127. The van der Waals surface area contributed by atoms with Gasteiger partial charge in [-0.1, -0.05) is 0 Å². The Balaban J connectivity index is 2.33. The molecule has 2 atom stereocenters. The van der Waals surface area contributed by atoms with Crippen molar-refractivity contribution in [2.45, 2.75) is 19.1 Å². The number of halogens is 1. The number of amides is 1. The van der Waals surface area contributed by atoms with Crippen LogP contribution in [0.15, 0.2) is 54.6 Å². The highest BCUT2D eigenvalue weighted by molar-refractivity contribution is 14.1. The van der Waals surface area contributed by atoms with E-state index in [1.807, 2.05) is 28.7 Å². The molecule has 1 amide bonds. The molecule has 0 radical (unpaired) electrons. The molecule has 0 saturated carbocycles. The van der Waals surface area contributed by atoms with Crippen molar-refractivity contribution in [3.05, 3.63) is 69.3 Å². The Bertz CT molecular complexity index is 968. The third-order valence-corrected chi connectivity index (χ3v) is 4.55. The Labute approximate surface area is 186 Å². The van der Waals surface area contributed by atoms with Gasteiger partial charge < -0.3 is 19.7 Å². The highest BCUT2D eigenvalue weighted by Gasteiger charge is 2.29. The largest absolute Gasteiger partial charge is 0.508 e. The third kappa shape index (κ3) is 6.75. The van der Waals surface area contributed by atoms with E-state index >= 15 is 0 Å². The highest BCUT2D eigenvalue weighted by Crippen LogP contribution is 2.33. The summed E-state index contributed by atoms with van der Waals surface area (Å²) < 4.78 is 11.9. The number of carbonyl (C=O) groups is 2. The molecule has 0 saturated heterocycles. The normalized spacial score (nSPS) is 12.7. The van der Waals surface area contributed by atoms with Crippen LogP contribution in [-0.2, 0) is 14.3 Å². The van der Waals surface area contributed by atoms with Crippen LogP contribution in [0, 0.1) is 14.9 Å². The maximum absolute atomic E-state index is 12.5. The van der Waals surface area contributed by atoms with Gasteiger partial charge in [0.1, 0.15) is 11.9 Å². The van der Waals surface area contributed by atoms with Crippen LogP contribution in [-0.4, -0.2) is 35.0 Å². The molecule has 0 aromatic heterocycles. The summed E-state index contributed by atoms with van der Waals surface area (Å²) >= 11 is 2.04. The molecule has 0 aliphatic carbocycles. The fourth-order valence-electron chi connectivity index (χ4n) is 2.56. The van der Waals surface area contributed by atoms with E-state index in [0.29, 0.717) is 11.3 Å². The zero-order valence-corrected chi connectivity index (χ0v) is 18.1. The van der Waals surface area contributed by atoms with Crippen LogP contribution in [0.2, 0.25) is 0 Å². The Morgan fingerprint density at radius 2 is 1.97 bits per heavy atom. The number of benzene rings is 2. The molecule has 0 heterocycles. The van der Waals surface area contributed by atoms with Gasteiger partial charge in [0.25, 0.3) is 0 Å². The number of nitriles is 1. The van der Waals surface area contributed by atoms with Gasteiger partial charge in [-0.25, -0.2) is 9.59 Å². The van der Waals surface area contributed by atoms with E-state index in [0.717, 1.165) is 9.65 Å². The second kappa shape index (κ2) is 11.2. The molecule has 9 heteroatoms. The first kappa shape index (κ1) is 23.2. The van der Waals surface area contributed by atoms with Crippen molar-refractivity contribution >= 4 is 40.3 Å². The van der Waals surface area contributed by atoms with Crippen molar-refractivity contribution in [2.24, 2.45) is 0 Å². The number of aromatic hydroxyl groups is 1. The summed E-state index contributed by atoms with van der Waals surface area (Å²) in [6.45, 7) is 1.93. The average molecular weight is 522 g/mol. The standard InChI is InChI=1S/C21H19IN2O6/c1-2-29-18(9-10-19(26)27)20(16-11-14(22)5-8-17(16)25)30-21(28)24-15-6-3-13(12-23)4-7-15/h3-11,18,20,25H,2H2,1H3,(H,24,28)(H,26,27)/b10-9+/t18-,20-/m1/s1. The van der Waals surface area contributed by atoms with Crippen LogP contribution in [0.4, 0.5) is 10.5 Å². The number of nitrogens with one attached hydrogen (secondary N) is 1. The second-order valence-electron chi connectivity index (χ2n) is 5.96. The predicted octanol–water partition coefficient (Wildman–Crippen LogP) is 4.20. The minimum Gasteiger partial charge on any atom is -0.508 e. The quantitative estimate of drug-likeness (QED) is 0.350. The van der Waals surface area contributed by atoms with Crippen molar-refractivity contribution < 1.29 is 29.3 Å². The zero-order valence-electron chi connectivity index (χ0n) is 15.9. The number of aliphatic carboxylic acids is 1. The average Bonchev–Trinajstić information content (AvgIpc) is 2.72. The van der Waals surface area contributed by atoms with E-state index in [1.165, 1.54) is 24.3 Å². The van der Waals surface area contributed by atoms with E-state index in [2.05, 4.69) is 5.32 Å². The number of carbonyl (C=O) groups excluding carboxylic acids is 1. The Kier molecular flexibility index (Phi) is 8.64. The number of phenolic OH excluding ortho intramolecular Hbond substituents is 1. The van der Waals surface area contributed by atoms with E-state index in [9.17, 15) is 14.7 Å². The SMILES string of the molecule is CCO[C@H](/C=C/C(=O)O)[C@H](OC(=O)Nc1ccc(C#N)cc1)c1cc(I)ccc1O. The topological polar surface area (TPSA) is 129 Å². The van der Waals surface area contributed by atoms with E-state index in [1.54, 1.807) is 31.2 Å². The number of ether oxygens (including phenoxy) is 2. The molecule has 0 fully saturated rings. The van der Waals surface area contributed by atoms with Crippen molar-refractivity contribution in [1.29, 1.82) is 5.26 Å². The summed E-state index contributed by atoms with van der Waals surface area (Å²) in [5.41, 5.74) is 1.11. The van der Waals surface area contributed by atoms with Gasteiger partial charge >= 0.3 is 12.1 Å². The van der Waals surface area contributed by atoms with Crippen LogP contribution < -0.4 is 5.32 Å². The summed E-state index contributed by atoms with van der Waals surface area (Å²) in [4.78, 5) is 23.5. The summed E-state index contributed by atoms with van der Waals surface area (Å²) in [6.07, 6.45) is -0.766. The maximum Gasteiger partial charge on any atom is 0.412 e. The molecule has 2 rings (SSSR count). The molecule has 2 aromatic rings. The summed E-state index contributed by atoms with van der Waals surface area (Å²) in [7, 11) is 0. The Morgan fingerprint density at radius 3 is 2.57 bits per heavy atom. The van der Waals surface area contributed by atoms with Crippen molar-refractivity contribution in [3.8, 4) is 11.8 Å². The summed E-state index contributed by atoms with van der Waals surface area (Å²) in [5, 5.41) is 30.7. The smallest absolute Gasteiger partial charge is 0.412 e. The van der Waals surface area contributed by atoms with Gasteiger partial charge in [-0.2, -0.15) is 5.26 Å². The molecule has 30 heavy (non-hydrogen) atoms. The molecule has 3 N–H and O–H groups in total. The lowest BCUT2D eigenvalue weighted by Crippen LogP contribution is -2.28. The maximum atomic E-state index is 12.5. The van der Waals surface area contributed by atoms with Gasteiger partial charge in [-0.3, -0.25) is 5.32 Å². The first-order valence-corrected chi connectivity index (χ1v) is 9.90. The number of carboxylic acids is 1. The monoisotopic (exact) mass is 522 g/mol. The van der Waals surface area contributed by atoms with E-state index in [-0.39, 0.29) is 17.9 Å². The number of rotatable bonds is 8. The van der Waals surface area contributed by atoms with Gasteiger partial charge in [0.05, 0.1) is 11.6 Å². The lowest BCUT2D eigenvalue weighted by Gasteiger charge is -2.26. The molecule has 0 spiro atoms. The fourth-order valence-corrected chi connectivity index (χ4v) is 3.08. The molecular weight excluding hydrogens is 503 g/mol. The van der Waals surface area contributed by atoms with Crippen molar-refractivity contribution in [3.63, 3.8) is 0 Å². The molecule has 156 valence electrons. The number of nitrogens with zero attached hydrogens (tertiary/aromatic N) is 1. The molecule has 0 aliphatic rings. The lowest BCUT2D eigenvalue weighted by atomic mass is 10.0. The first-order valence-electron chi connectivity index (χ1n) is 8.83. The first-order chi connectivity index (χ1) is 14.3. The van der Waals surface area contributed by atoms with Crippen molar-refractivity contribution in [2.75, 3.05) is 11.9 Å². The van der Waals surface area contributed by atoms with Crippen LogP contribution in [0.5, 0.6) is 5.75 Å². The molecular formula is C21H19IN2O6. The summed E-state index contributed by atoms with van der Waals surface area (Å²) in [6, 6.07) is 12.9. The second-order valence-corrected chi connectivity index (χ2v) is 7.21. The number of phenols is 1. The molecule has 0 aliphatic heterocycles. The van der Waals surface area contributed by atoms with E-state index < -0.39 is 24.3 Å². The lowest BCUT2D eigenvalue weighted by molar-refractivity contribution is -0.131. The van der Waals surface area contributed by atoms with Gasteiger partial charge in [0, 0.05) is 27.5 Å². The minimum absolute atomic E-state index is 0.125. The molecule has 0 unspecified atom stereocenters. The van der Waals surface area contributed by atoms with Crippen LogP contribution in [0.25, 0.3) is 0 Å². The number of hydrogen-bond acceptors (Lipinski definition) is 6. The van der Waals surface area contributed by atoms with Gasteiger partial charge in [0.15, 0.2) is 6.10 Å². The van der Waals surface area contributed by atoms with E-state index in [4.69, 9.17) is 19.8 Å². The minimum atomic E-state index is -1.19. The number of anilines is 1. The molecule has 8 nitrogen and oxygen atoms in total. The van der Waals surface area contributed by atoms with Crippen molar-refractivity contribution in [1.82, 2.24) is 0 Å². The third-order valence-electron chi connectivity index (χ3n) is 3.88. The van der Waals surface area contributed by atoms with Crippen LogP contribution in [0.1, 0.15) is 24.2 Å². The van der Waals surface area contributed by atoms with Crippen LogP contribution >= 0.6 is 22.6 Å². The Morgan fingerprint density at radius 1 is 1.27 bits per heavy atom. The van der Waals surface area contributed by atoms with Gasteiger partial charge in [0.2, 0.25) is 0 Å². The van der Waals surface area contributed by atoms with Gasteiger partial charge in [-0.15, -0.1) is 0 Å².